The van der Waals surface area contributed by atoms with E-state index in [1.807, 2.05) is 38.1 Å². The van der Waals surface area contributed by atoms with Gasteiger partial charge in [-0.1, -0.05) is 17.3 Å². The maximum absolute atomic E-state index is 12.0. The predicted molar refractivity (Wildman–Crippen MR) is 100 cm³/mol. The summed E-state index contributed by atoms with van der Waals surface area (Å²) < 4.78 is 11.5. The van der Waals surface area contributed by atoms with E-state index >= 15 is 0 Å². The van der Waals surface area contributed by atoms with Crippen molar-refractivity contribution in [3.8, 4) is 28.7 Å². The number of carbonyl (C=O) groups is 1. The summed E-state index contributed by atoms with van der Waals surface area (Å²) in [7, 11) is 0. The zero-order chi connectivity index (χ0) is 19.5. The molecule has 1 aliphatic rings. The predicted octanol–water partition coefficient (Wildman–Crippen LogP) is 2.37. The van der Waals surface area contributed by atoms with Crippen molar-refractivity contribution in [1.82, 2.24) is 30.3 Å². The van der Waals surface area contributed by atoms with E-state index in [1.165, 1.54) is 0 Å². The van der Waals surface area contributed by atoms with Gasteiger partial charge >= 0.3 is 6.03 Å². The number of para-hydroxylation sites is 1. The van der Waals surface area contributed by atoms with Crippen LogP contribution in [0.2, 0.25) is 0 Å². The van der Waals surface area contributed by atoms with Crippen LogP contribution in [-0.4, -0.2) is 56.3 Å². The number of rotatable bonds is 5. The van der Waals surface area contributed by atoms with Crippen LogP contribution in [0.25, 0.3) is 23.0 Å². The monoisotopic (exact) mass is 380 g/mol. The molecule has 2 amide bonds. The lowest BCUT2D eigenvalue weighted by Crippen LogP contribution is -2.59. The number of nitrogens with zero attached hydrogens (tertiary/aromatic N) is 5. The Balaban J connectivity index is 1.46. The molecule has 1 aromatic carbocycles. The van der Waals surface area contributed by atoms with Crippen LogP contribution in [0.15, 0.2) is 47.4 Å². The molecule has 0 spiro atoms. The number of hydrogen-bond acceptors (Lipinski definition) is 7. The van der Waals surface area contributed by atoms with E-state index in [4.69, 9.17) is 9.26 Å². The average molecular weight is 380 g/mol. The minimum atomic E-state index is -0.0820. The number of nitrogens with one attached hydrogen (secondary N) is 1. The van der Waals surface area contributed by atoms with E-state index in [-0.39, 0.29) is 18.2 Å². The van der Waals surface area contributed by atoms with E-state index in [2.05, 4.69) is 25.4 Å². The van der Waals surface area contributed by atoms with Gasteiger partial charge in [-0.2, -0.15) is 4.98 Å². The second kappa shape index (κ2) is 7.63. The summed E-state index contributed by atoms with van der Waals surface area (Å²) in [5, 5.41) is 6.85. The van der Waals surface area contributed by atoms with Gasteiger partial charge in [-0.05, 0) is 26.0 Å². The molecule has 4 rings (SSSR count). The summed E-state index contributed by atoms with van der Waals surface area (Å²) >= 11 is 0. The third-order valence-corrected chi connectivity index (χ3v) is 4.18. The standard InChI is InChI=1S/C19H20N6O3/c1-12(2)22-19(26)25-10-13(11-25)27-16-6-4-3-5-14(16)18-23-17(24-28-18)15-9-20-7-8-21-15/h3-9,12-13H,10-11H2,1-2H3,(H,22,26). The first-order valence-electron chi connectivity index (χ1n) is 9.01. The minimum Gasteiger partial charge on any atom is -0.486 e. The van der Waals surface area contributed by atoms with Gasteiger partial charge < -0.3 is 19.5 Å². The molecule has 3 heterocycles. The molecular formula is C19H20N6O3. The van der Waals surface area contributed by atoms with Crippen LogP contribution in [0.3, 0.4) is 0 Å². The van der Waals surface area contributed by atoms with Crippen molar-refractivity contribution in [2.24, 2.45) is 0 Å². The zero-order valence-corrected chi connectivity index (χ0v) is 15.6. The Hall–Kier alpha value is -3.49. The number of amides is 2. The summed E-state index contributed by atoms with van der Waals surface area (Å²) in [5.74, 6) is 1.33. The molecule has 0 atom stereocenters. The Morgan fingerprint density at radius 2 is 2.11 bits per heavy atom. The minimum absolute atomic E-state index is 0.0753. The molecule has 3 aromatic rings. The normalized spacial score (nSPS) is 14.0. The van der Waals surface area contributed by atoms with Gasteiger partial charge in [-0.15, -0.1) is 0 Å². The Labute approximate surface area is 161 Å². The Morgan fingerprint density at radius 3 is 2.86 bits per heavy atom. The number of hydrogen-bond donors (Lipinski definition) is 1. The number of ether oxygens (including phenoxy) is 1. The molecule has 0 saturated carbocycles. The lowest BCUT2D eigenvalue weighted by molar-refractivity contribution is 0.0441. The lowest BCUT2D eigenvalue weighted by Gasteiger charge is -2.39. The number of carbonyl (C=O) groups excluding carboxylic acids is 1. The van der Waals surface area contributed by atoms with Crippen molar-refractivity contribution in [3.63, 3.8) is 0 Å². The molecule has 0 unspecified atom stereocenters. The van der Waals surface area contributed by atoms with E-state index < -0.39 is 0 Å². The molecule has 0 radical (unpaired) electrons. The molecule has 9 nitrogen and oxygen atoms in total. The van der Waals surface area contributed by atoms with Crippen molar-refractivity contribution in [3.05, 3.63) is 42.9 Å². The van der Waals surface area contributed by atoms with Gasteiger partial charge in [0.2, 0.25) is 5.82 Å². The number of likely N-dealkylation sites (tertiary alicyclic amines) is 1. The number of benzene rings is 1. The van der Waals surface area contributed by atoms with Crippen LogP contribution >= 0.6 is 0 Å². The number of aromatic nitrogens is 4. The first-order chi connectivity index (χ1) is 13.6. The Kier molecular flexibility index (Phi) is 4.88. The van der Waals surface area contributed by atoms with Crippen LogP contribution in [0.4, 0.5) is 4.79 Å². The Morgan fingerprint density at radius 1 is 1.29 bits per heavy atom. The zero-order valence-electron chi connectivity index (χ0n) is 15.6. The van der Waals surface area contributed by atoms with Crippen LogP contribution in [0.5, 0.6) is 5.75 Å². The highest BCUT2D eigenvalue weighted by Gasteiger charge is 2.33. The fourth-order valence-electron chi connectivity index (χ4n) is 2.79. The third-order valence-electron chi connectivity index (χ3n) is 4.18. The summed E-state index contributed by atoms with van der Waals surface area (Å²) in [5.41, 5.74) is 1.22. The van der Waals surface area contributed by atoms with Crippen LogP contribution in [0.1, 0.15) is 13.8 Å². The molecule has 28 heavy (non-hydrogen) atoms. The van der Waals surface area contributed by atoms with E-state index in [0.29, 0.717) is 41.8 Å². The smallest absolute Gasteiger partial charge is 0.317 e. The second-order valence-electron chi connectivity index (χ2n) is 6.76. The van der Waals surface area contributed by atoms with Gasteiger partial charge in [0, 0.05) is 18.4 Å². The highest BCUT2D eigenvalue weighted by Crippen LogP contribution is 2.31. The highest BCUT2D eigenvalue weighted by atomic mass is 16.5. The summed E-state index contributed by atoms with van der Waals surface area (Å²) in [6, 6.07) is 7.48. The fraction of sp³-hybridized carbons (Fsp3) is 0.316. The lowest BCUT2D eigenvalue weighted by atomic mass is 10.1. The molecule has 1 aliphatic heterocycles. The SMILES string of the molecule is CC(C)NC(=O)N1CC(Oc2ccccc2-c2nc(-c3cnccn3)no2)C1. The second-order valence-corrected chi connectivity index (χ2v) is 6.76. The maximum Gasteiger partial charge on any atom is 0.317 e. The Bertz CT molecular complexity index is 953. The van der Waals surface area contributed by atoms with E-state index in [1.54, 1.807) is 23.5 Å². The third kappa shape index (κ3) is 3.78. The largest absolute Gasteiger partial charge is 0.486 e. The fourth-order valence-corrected chi connectivity index (χ4v) is 2.79. The van der Waals surface area contributed by atoms with Gasteiger partial charge in [0.05, 0.1) is 24.8 Å². The maximum atomic E-state index is 12.0. The van der Waals surface area contributed by atoms with Gasteiger partial charge in [0.15, 0.2) is 0 Å². The summed E-state index contributed by atoms with van der Waals surface area (Å²) in [4.78, 5) is 26.3. The molecule has 1 fully saturated rings. The molecule has 2 aromatic heterocycles. The van der Waals surface area contributed by atoms with Crippen molar-refractivity contribution >= 4 is 6.03 Å². The van der Waals surface area contributed by atoms with Crippen molar-refractivity contribution in [2.75, 3.05) is 13.1 Å². The van der Waals surface area contributed by atoms with Crippen LogP contribution < -0.4 is 10.1 Å². The summed E-state index contributed by atoms with van der Waals surface area (Å²) in [6.07, 6.45) is 4.64. The highest BCUT2D eigenvalue weighted by molar-refractivity contribution is 5.75. The number of urea groups is 1. The molecule has 144 valence electrons. The molecular weight excluding hydrogens is 360 g/mol. The van der Waals surface area contributed by atoms with Crippen LogP contribution in [0, 0.1) is 0 Å². The summed E-state index contributed by atoms with van der Waals surface area (Å²) in [6.45, 7) is 4.92. The molecule has 1 saturated heterocycles. The van der Waals surface area contributed by atoms with Gasteiger partial charge in [-0.3, -0.25) is 4.98 Å². The topological polar surface area (TPSA) is 106 Å². The average Bonchev–Trinajstić information content (AvgIpc) is 3.14. The van der Waals surface area contributed by atoms with E-state index in [9.17, 15) is 4.79 Å². The van der Waals surface area contributed by atoms with Crippen molar-refractivity contribution < 1.29 is 14.1 Å². The first kappa shape index (κ1) is 17.9. The van der Waals surface area contributed by atoms with E-state index in [0.717, 1.165) is 0 Å². The molecule has 9 heteroatoms. The molecule has 1 N–H and O–H groups in total. The molecule has 0 bridgehead atoms. The first-order valence-corrected chi connectivity index (χ1v) is 9.01. The van der Waals surface area contributed by atoms with Gasteiger partial charge in [0.1, 0.15) is 17.5 Å². The van der Waals surface area contributed by atoms with Gasteiger partial charge in [-0.25, -0.2) is 9.78 Å². The van der Waals surface area contributed by atoms with Crippen molar-refractivity contribution in [2.45, 2.75) is 26.0 Å². The molecule has 0 aliphatic carbocycles. The van der Waals surface area contributed by atoms with Crippen molar-refractivity contribution in [1.29, 1.82) is 0 Å². The quantitative estimate of drug-likeness (QED) is 0.724. The van der Waals surface area contributed by atoms with Gasteiger partial charge in [0.25, 0.3) is 5.89 Å². The van der Waals surface area contributed by atoms with Crippen LogP contribution in [-0.2, 0) is 0 Å².